The van der Waals surface area contributed by atoms with E-state index in [0.717, 1.165) is 6.07 Å². The molecule has 9 heteroatoms. The molecule has 0 saturated heterocycles. The number of methoxy groups -OCH3 is 1. The first-order valence-corrected chi connectivity index (χ1v) is 6.76. The fourth-order valence-electron chi connectivity index (χ4n) is 1.46. The summed E-state index contributed by atoms with van der Waals surface area (Å²) in [5.41, 5.74) is 0.0301. The molecule has 0 atom stereocenters. The molecule has 2 N–H and O–H groups in total. The number of nitrogens with zero attached hydrogens (tertiary/aromatic N) is 2. The van der Waals surface area contributed by atoms with E-state index in [-0.39, 0.29) is 22.0 Å². The molecular formula is C11H9FN4O3S. The molecule has 0 radical (unpaired) electrons. The van der Waals surface area contributed by atoms with Crippen LogP contribution in [0.3, 0.4) is 0 Å². The second kappa shape index (κ2) is 5.18. The molecule has 1 aromatic carbocycles. The monoisotopic (exact) mass is 296 g/mol. The topological polar surface area (TPSA) is 108 Å². The third kappa shape index (κ3) is 2.55. The highest BCUT2D eigenvalue weighted by Gasteiger charge is 2.19. The van der Waals surface area contributed by atoms with Crippen molar-refractivity contribution in [2.24, 2.45) is 0 Å². The highest BCUT2D eigenvalue weighted by atomic mass is 32.2. The molecule has 0 saturated carbocycles. The highest BCUT2D eigenvalue weighted by molar-refractivity contribution is 7.92. The first kappa shape index (κ1) is 13.8. The molecule has 2 aromatic rings. The molecule has 104 valence electrons. The number of hydrogen-bond donors (Lipinski definition) is 2. The molecule has 0 bridgehead atoms. The molecule has 1 heterocycles. The maximum absolute atomic E-state index is 13.5. The van der Waals surface area contributed by atoms with Crippen LogP contribution in [0.2, 0.25) is 0 Å². The zero-order chi connectivity index (χ0) is 14.8. The number of nitrogens with one attached hydrogen (secondary N) is 2. The number of halogens is 1. The first-order chi connectivity index (χ1) is 9.47. The fourth-order valence-corrected chi connectivity index (χ4v) is 2.50. The summed E-state index contributed by atoms with van der Waals surface area (Å²) >= 11 is 0. The summed E-state index contributed by atoms with van der Waals surface area (Å²) in [7, 11) is -2.76. The van der Waals surface area contributed by atoms with Crippen molar-refractivity contribution in [1.29, 1.82) is 5.26 Å². The number of aromatic amines is 1. The Labute approximate surface area is 114 Å². The SMILES string of the molecule is COc1ccc(S(=O)(=O)Nc2[nH]ncc2C#N)cc1F. The Morgan fingerprint density at radius 1 is 1.50 bits per heavy atom. The van der Waals surface area contributed by atoms with Crippen LogP contribution in [0.4, 0.5) is 10.2 Å². The predicted molar refractivity (Wildman–Crippen MR) is 67.1 cm³/mol. The number of H-pyrrole nitrogens is 1. The molecule has 0 unspecified atom stereocenters. The molecule has 0 aliphatic carbocycles. The first-order valence-electron chi connectivity index (χ1n) is 5.28. The van der Waals surface area contributed by atoms with Crippen molar-refractivity contribution in [1.82, 2.24) is 10.2 Å². The largest absolute Gasteiger partial charge is 0.494 e. The van der Waals surface area contributed by atoms with Gasteiger partial charge in [-0.15, -0.1) is 0 Å². The minimum Gasteiger partial charge on any atom is -0.494 e. The van der Waals surface area contributed by atoms with Crippen molar-refractivity contribution in [3.05, 3.63) is 35.8 Å². The van der Waals surface area contributed by atoms with Gasteiger partial charge in [-0.3, -0.25) is 9.82 Å². The van der Waals surface area contributed by atoms with Crippen molar-refractivity contribution in [3.8, 4) is 11.8 Å². The molecule has 20 heavy (non-hydrogen) atoms. The second-order valence-electron chi connectivity index (χ2n) is 3.67. The number of hydrogen-bond acceptors (Lipinski definition) is 5. The summed E-state index contributed by atoms with van der Waals surface area (Å²) in [5.74, 6) is -0.951. The summed E-state index contributed by atoms with van der Waals surface area (Å²) in [6, 6.07) is 4.97. The lowest BCUT2D eigenvalue weighted by atomic mass is 10.3. The third-order valence-corrected chi connectivity index (χ3v) is 3.78. The zero-order valence-electron chi connectivity index (χ0n) is 10.2. The summed E-state index contributed by atoms with van der Waals surface area (Å²) in [6.07, 6.45) is 1.17. The van der Waals surface area contributed by atoms with Crippen molar-refractivity contribution >= 4 is 15.8 Å². The Balaban J connectivity index is 2.36. The maximum atomic E-state index is 13.5. The maximum Gasteiger partial charge on any atom is 0.263 e. The predicted octanol–water partition coefficient (Wildman–Crippen LogP) is 1.23. The van der Waals surface area contributed by atoms with Crippen LogP contribution in [0.15, 0.2) is 29.3 Å². The molecule has 0 spiro atoms. The van der Waals surface area contributed by atoms with Gasteiger partial charge in [0.15, 0.2) is 17.4 Å². The lowest BCUT2D eigenvalue weighted by molar-refractivity contribution is 0.385. The van der Waals surface area contributed by atoms with Crippen molar-refractivity contribution < 1.29 is 17.5 Å². The van der Waals surface area contributed by atoms with Gasteiger partial charge in [-0.05, 0) is 18.2 Å². The zero-order valence-corrected chi connectivity index (χ0v) is 11.0. The van der Waals surface area contributed by atoms with Crippen LogP contribution in [0, 0.1) is 17.1 Å². The van der Waals surface area contributed by atoms with Crippen LogP contribution in [-0.4, -0.2) is 25.7 Å². The number of rotatable bonds is 4. The molecule has 0 aliphatic heterocycles. The van der Waals surface area contributed by atoms with E-state index in [2.05, 4.69) is 14.9 Å². The van der Waals surface area contributed by atoms with E-state index >= 15 is 0 Å². The third-order valence-electron chi connectivity index (χ3n) is 2.43. The van der Waals surface area contributed by atoms with Gasteiger partial charge < -0.3 is 4.74 Å². The summed E-state index contributed by atoms with van der Waals surface area (Å²) in [5, 5.41) is 14.7. The number of nitriles is 1. The van der Waals surface area contributed by atoms with Crippen LogP contribution in [0.5, 0.6) is 5.75 Å². The van der Waals surface area contributed by atoms with Gasteiger partial charge in [-0.2, -0.15) is 10.4 Å². The minimum atomic E-state index is -4.03. The van der Waals surface area contributed by atoms with Crippen molar-refractivity contribution in [3.63, 3.8) is 0 Å². The van der Waals surface area contributed by atoms with Gasteiger partial charge in [0.05, 0.1) is 18.2 Å². The Hall–Kier alpha value is -2.60. The van der Waals surface area contributed by atoms with Gasteiger partial charge in [0.2, 0.25) is 0 Å². The van der Waals surface area contributed by atoms with E-state index in [1.54, 1.807) is 6.07 Å². The van der Waals surface area contributed by atoms with E-state index in [1.807, 2.05) is 0 Å². The molecule has 0 aliphatic rings. The Morgan fingerprint density at radius 3 is 2.85 bits per heavy atom. The number of sulfonamides is 1. The van der Waals surface area contributed by atoms with E-state index in [0.29, 0.717) is 0 Å². The molecule has 1 aromatic heterocycles. The van der Waals surface area contributed by atoms with Crippen LogP contribution in [0.1, 0.15) is 5.56 Å². The van der Waals surface area contributed by atoms with Crippen LogP contribution in [0.25, 0.3) is 0 Å². The molecule has 7 nitrogen and oxygen atoms in total. The van der Waals surface area contributed by atoms with E-state index in [9.17, 15) is 12.8 Å². The van der Waals surface area contributed by atoms with Crippen LogP contribution >= 0.6 is 0 Å². The standard InChI is InChI=1S/C11H9FN4O3S/c1-19-10-3-2-8(4-9(10)12)20(17,18)16-11-7(5-13)6-14-15-11/h2-4,6H,1H3,(H2,14,15,16). The van der Waals surface area contributed by atoms with E-state index in [4.69, 9.17) is 10.00 Å². The molecule has 0 fully saturated rings. The highest BCUT2D eigenvalue weighted by Crippen LogP contribution is 2.22. The average Bonchev–Trinajstić information content (AvgIpc) is 2.85. The summed E-state index contributed by atoms with van der Waals surface area (Å²) in [6.45, 7) is 0. The minimum absolute atomic E-state index is 0.0301. The smallest absolute Gasteiger partial charge is 0.263 e. The van der Waals surface area contributed by atoms with Gasteiger partial charge in [-0.1, -0.05) is 0 Å². The Morgan fingerprint density at radius 2 is 2.25 bits per heavy atom. The fraction of sp³-hybridized carbons (Fsp3) is 0.0909. The number of benzene rings is 1. The number of anilines is 1. The Kier molecular flexibility index (Phi) is 3.58. The van der Waals surface area contributed by atoms with Crippen molar-refractivity contribution in [2.45, 2.75) is 4.90 Å². The number of aromatic nitrogens is 2. The van der Waals surface area contributed by atoms with Crippen LogP contribution < -0.4 is 9.46 Å². The molecule has 0 amide bonds. The number of ether oxygens (including phenoxy) is 1. The second-order valence-corrected chi connectivity index (χ2v) is 5.35. The van der Waals surface area contributed by atoms with Gasteiger partial charge >= 0.3 is 0 Å². The summed E-state index contributed by atoms with van der Waals surface area (Å²) in [4.78, 5) is -0.297. The summed E-state index contributed by atoms with van der Waals surface area (Å²) < 4.78 is 44.4. The normalized spacial score (nSPS) is 10.8. The van der Waals surface area contributed by atoms with Gasteiger partial charge in [-0.25, -0.2) is 12.8 Å². The average molecular weight is 296 g/mol. The van der Waals surface area contributed by atoms with Crippen molar-refractivity contribution in [2.75, 3.05) is 11.8 Å². The quantitative estimate of drug-likeness (QED) is 0.882. The molecular weight excluding hydrogens is 287 g/mol. The Bertz CT molecular complexity index is 779. The van der Waals surface area contributed by atoms with Crippen LogP contribution in [-0.2, 0) is 10.0 Å². The van der Waals surface area contributed by atoms with Gasteiger partial charge in [0.1, 0.15) is 11.6 Å². The molecule has 2 rings (SSSR count). The lowest BCUT2D eigenvalue weighted by Crippen LogP contribution is -2.14. The van der Waals surface area contributed by atoms with Gasteiger partial charge in [0.25, 0.3) is 10.0 Å². The van der Waals surface area contributed by atoms with E-state index in [1.165, 1.54) is 25.4 Å². The van der Waals surface area contributed by atoms with Gasteiger partial charge in [0, 0.05) is 0 Å². The van der Waals surface area contributed by atoms with E-state index < -0.39 is 15.8 Å². The lowest BCUT2D eigenvalue weighted by Gasteiger charge is -2.08.